The minimum atomic E-state index is -0.986. The number of aliphatic carboxylic acids is 1. The van der Waals surface area contributed by atoms with E-state index in [9.17, 15) is 9.59 Å². The zero-order chi connectivity index (χ0) is 14.5. The van der Waals surface area contributed by atoms with Crippen LogP contribution in [0.5, 0.6) is 0 Å². The number of carboxylic acid groups (broad SMARTS) is 1. The second-order valence-corrected chi connectivity index (χ2v) is 5.06. The zero-order valence-corrected chi connectivity index (χ0v) is 11.6. The van der Waals surface area contributed by atoms with Crippen molar-refractivity contribution in [2.24, 2.45) is 0 Å². The second kappa shape index (κ2) is 6.52. The van der Waals surface area contributed by atoms with Crippen molar-refractivity contribution in [1.82, 2.24) is 10.6 Å². The lowest BCUT2D eigenvalue weighted by atomic mass is 9.98. The molecule has 1 heterocycles. The highest BCUT2D eigenvalue weighted by molar-refractivity contribution is 5.96. The Kier molecular flexibility index (Phi) is 4.74. The first kappa shape index (κ1) is 14.5. The number of rotatable bonds is 5. The van der Waals surface area contributed by atoms with E-state index in [0.29, 0.717) is 18.4 Å². The fourth-order valence-electron chi connectivity index (χ4n) is 2.41. The Balaban J connectivity index is 2.10. The lowest BCUT2D eigenvalue weighted by Crippen LogP contribution is -2.40. The summed E-state index contributed by atoms with van der Waals surface area (Å²) in [6, 6.07) is 4.76. The van der Waals surface area contributed by atoms with Crippen LogP contribution in [0.15, 0.2) is 18.2 Å². The molecule has 0 saturated heterocycles. The third-order valence-corrected chi connectivity index (χ3v) is 3.54. The van der Waals surface area contributed by atoms with Crippen molar-refractivity contribution in [3.05, 3.63) is 34.9 Å². The van der Waals surface area contributed by atoms with Crippen LogP contribution in [0.1, 0.15) is 41.3 Å². The van der Waals surface area contributed by atoms with Crippen molar-refractivity contribution in [3.63, 3.8) is 0 Å². The Hall–Kier alpha value is -1.88. The molecule has 5 nitrogen and oxygen atoms in total. The third kappa shape index (κ3) is 3.36. The quantitative estimate of drug-likeness (QED) is 0.758. The highest BCUT2D eigenvalue weighted by Crippen LogP contribution is 2.16. The molecule has 1 unspecified atom stereocenters. The predicted octanol–water partition coefficient (Wildman–Crippen LogP) is 1.32. The van der Waals surface area contributed by atoms with E-state index in [1.165, 1.54) is 5.56 Å². The van der Waals surface area contributed by atoms with Gasteiger partial charge in [0.05, 0.1) is 0 Å². The summed E-state index contributed by atoms with van der Waals surface area (Å²) < 4.78 is 0. The second-order valence-electron chi connectivity index (χ2n) is 5.06. The Morgan fingerprint density at radius 3 is 2.90 bits per heavy atom. The molecule has 0 radical (unpaired) electrons. The molecular weight excluding hydrogens is 256 g/mol. The van der Waals surface area contributed by atoms with E-state index in [-0.39, 0.29) is 5.91 Å². The molecular formula is C15H20N2O3. The van der Waals surface area contributed by atoms with Crippen LogP contribution in [0.2, 0.25) is 0 Å². The molecule has 0 fully saturated rings. The summed E-state index contributed by atoms with van der Waals surface area (Å²) in [7, 11) is 0. The van der Waals surface area contributed by atoms with Gasteiger partial charge in [0.25, 0.3) is 5.91 Å². The fraction of sp³-hybridized carbons (Fsp3) is 0.467. The van der Waals surface area contributed by atoms with Crippen LogP contribution in [0, 0.1) is 0 Å². The zero-order valence-electron chi connectivity index (χ0n) is 11.6. The molecule has 1 amide bonds. The molecule has 1 aliphatic heterocycles. The van der Waals surface area contributed by atoms with E-state index in [2.05, 4.69) is 10.6 Å². The third-order valence-electron chi connectivity index (χ3n) is 3.54. The van der Waals surface area contributed by atoms with Gasteiger partial charge in [-0.2, -0.15) is 0 Å². The summed E-state index contributed by atoms with van der Waals surface area (Å²) in [5, 5.41) is 14.9. The molecule has 1 aromatic carbocycles. The topological polar surface area (TPSA) is 78.4 Å². The van der Waals surface area contributed by atoms with Crippen LogP contribution in [-0.4, -0.2) is 29.6 Å². The van der Waals surface area contributed by atoms with Crippen molar-refractivity contribution in [3.8, 4) is 0 Å². The largest absolute Gasteiger partial charge is 0.480 e. The molecule has 0 saturated carbocycles. The van der Waals surface area contributed by atoms with Gasteiger partial charge in [-0.05, 0) is 42.6 Å². The van der Waals surface area contributed by atoms with Gasteiger partial charge in [-0.1, -0.05) is 19.4 Å². The molecule has 1 atom stereocenters. The molecule has 108 valence electrons. The first-order valence-corrected chi connectivity index (χ1v) is 6.98. The summed E-state index contributed by atoms with van der Waals surface area (Å²) in [6.07, 6.45) is 2.11. The Labute approximate surface area is 118 Å². The van der Waals surface area contributed by atoms with Crippen LogP contribution in [-0.2, 0) is 17.8 Å². The molecule has 0 spiro atoms. The Morgan fingerprint density at radius 1 is 1.40 bits per heavy atom. The van der Waals surface area contributed by atoms with Crippen LogP contribution in [0.3, 0.4) is 0 Å². The average molecular weight is 276 g/mol. The molecule has 2 rings (SSSR count). The van der Waals surface area contributed by atoms with Gasteiger partial charge in [-0.3, -0.25) is 4.79 Å². The SMILES string of the molecule is CCCC(NC(=O)c1ccc2c(c1)CNCC2)C(=O)O. The number of carboxylic acids is 1. The van der Waals surface area contributed by atoms with E-state index in [1.807, 2.05) is 19.1 Å². The molecule has 5 heteroatoms. The van der Waals surface area contributed by atoms with E-state index >= 15 is 0 Å². The summed E-state index contributed by atoms with van der Waals surface area (Å²) in [4.78, 5) is 23.2. The van der Waals surface area contributed by atoms with Crippen molar-refractivity contribution in [2.75, 3.05) is 6.54 Å². The lowest BCUT2D eigenvalue weighted by Gasteiger charge is -2.18. The summed E-state index contributed by atoms with van der Waals surface area (Å²) >= 11 is 0. The normalized spacial score (nSPS) is 15.2. The molecule has 1 aliphatic rings. The number of carbonyl (C=O) groups excluding carboxylic acids is 1. The number of nitrogens with one attached hydrogen (secondary N) is 2. The first-order chi connectivity index (χ1) is 9.61. The molecule has 0 bridgehead atoms. The molecule has 3 N–H and O–H groups in total. The van der Waals surface area contributed by atoms with Gasteiger partial charge in [0.2, 0.25) is 0 Å². The van der Waals surface area contributed by atoms with E-state index in [0.717, 1.165) is 25.1 Å². The highest BCUT2D eigenvalue weighted by atomic mass is 16.4. The van der Waals surface area contributed by atoms with E-state index in [1.54, 1.807) is 6.07 Å². The van der Waals surface area contributed by atoms with E-state index < -0.39 is 12.0 Å². The highest BCUT2D eigenvalue weighted by Gasteiger charge is 2.20. The van der Waals surface area contributed by atoms with Crippen LogP contribution in [0.25, 0.3) is 0 Å². The number of carbonyl (C=O) groups is 2. The van der Waals surface area contributed by atoms with Gasteiger partial charge >= 0.3 is 5.97 Å². The van der Waals surface area contributed by atoms with Gasteiger partial charge in [0.15, 0.2) is 0 Å². The molecule has 20 heavy (non-hydrogen) atoms. The number of hydrogen-bond donors (Lipinski definition) is 3. The van der Waals surface area contributed by atoms with Crippen molar-refractivity contribution < 1.29 is 14.7 Å². The van der Waals surface area contributed by atoms with Crippen molar-refractivity contribution >= 4 is 11.9 Å². The summed E-state index contributed by atoms with van der Waals surface area (Å²) in [5.41, 5.74) is 2.89. The maximum absolute atomic E-state index is 12.1. The monoisotopic (exact) mass is 276 g/mol. The lowest BCUT2D eigenvalue weighted by molar-refractivity contribution is -0.139. The minimum Gasteiger partial charge on any atom is -0.480 e. The molecule has 0 aliphatic carbocycles. The minimum absolute atomic E-state index is 0.320. The summed E-state index contributed by atoms with van der Waals surface area (Å²) in [5.74, 6) is -1.31. The average Bonchev–Trinajstić information content (AvgIpc) is 2.46. The van der Waals surface area contributed by atoms with Gasteiger partial charge in [0.1, 0.15) is 6.04 Å². The first-order valence-electron chi connectivity index (χ1n) is 6.98. The number of fused-ring (bicyclic) bond motifs is 1. The standard InChI is InChI=1S/C15H20N2O3/c1-2-3-13(15(19)20)17-14(18)11-5-4-10-6-7-16-9-12(10)8-11/h4-5,8,13,16H,2-3,6-7,9H2,1H3,(H,17,18)(H,19,20). The van der Waals surface area contributed by atoms with E-state index in [4.69, 9.17) is 5.11 Å². The van der Waals surface area contributed by atoms with Crippen molar-refractivity contribution in [2.45, 2.75) is 38.8 Å². The van der Waals surface area contributed by atoms with Gasteiger partial charge in [-0.25, -0.2) is 4.79 Å². The Bertz CT molecular complexity index is 514. The Morgan fingerprint density at radius 2 is 2.20 bits per heavy atom. The smallest absolute Gasteiger partial charge is 0.326 e. The van der Waals surface area contributed by atoms with Crippen LogP contribution < -0.4 is 10.6 Å². The van der Waals surface area contributed by atoms with Crippen molar-refractivity contribution in [1.29, 1.82) is 0 Å². The van der Waals surface area contributed by atoms with Gasteiger partial charge in [0, 0.05) is 12.1 Å². The number of amides is 1. The molecule has 1 aromatic rings. The van der Waals surface area contributed by atoms with Gasteiger partial charge < -0.3 is 15.7 Å². The maximum Gasteiger partial charge on any atom is 0.326 e. The fourth-order valence-corrected chi connectivity index (χ4v) is 2.41. The van der Waals surface area contributed by atoms with Crippen LogP contribution >= 0.6 is 0 Å². The number of benzene rings is 1. The van der Waals surface area contributed by atoms with Gasteiger partial charge in [-0.15, -0.1) is 0 Å². The van der Waals surface area contributed by atoms with Crippen LogP contribution in [0.4, 0.5) is 0 Å². The molecule has 0 aromatic heterocycles. The summed E-state index contributed by atoms with van der Waals surface area (Å²) in [6.45, 7) is 3.61. The maximum atomic E-state index is 12.1. The predicted molar refractivity (Wildman–Crippen MR) is 75.7 cm³/mol. The number of hydrogen-bond acceptors (Lipinski definition) is 3.